The topological polar surface area (TPSA) is 63.8 Å². The van der Waals surface area contributed by atoms with Crippen LogP contribution in [0, 0.1) is 0 Å². The Hall–Kier alpha value is -1.66. The van der Waals surface area contributed by atoms with Gasteiger partial charge >= 0.3 is 0 Å². The minimum Gasteiger partial charge on any atom is -0.399 e. The van der Waals surface area contributed by atoms with Crippen LogP contribution in [0.2, 0.25) is 0 Å². The number of nitrogens with zero attached hydrogens (tertiary/aromatic N) is 2. The quantitative estimate of drug-likeness (QED) is 0.717. The van der Waals surface area contributed by atoms with Gasteiger partial charge in [0, 0.05) is 20.4 Å². The molecule has 19 heavy (non-hydrogen) atoms. The lowest BCUT2D eigenvalue weighted by Crippen LogP contribution is -2.01. The summed E-state index contributed by atoms with van der Waals surface area (Å²) < 4.78 is 1.12. The third-order valence-electron chi connectivity index (χ3n) is 2.77. The molecule has 4 nitrogen and oxygen atoms in total. The Bertz CT molecular complexity index is 725. The smallest absolute Gasteiger partial charge is 0.137 e. The molecule has 1 aromatic carbocycles. The summed E-state index contributed by atoms with van der Waals surface area (Å²) in [6, 6.07) is 7.69. The van der Waals surface area contributed by atoms with Gasteiger partial charge in [0.05, 0.1) is 12.1 Å². The molecule has 0 radical (unpaired) electrons. The fraction of sp³-hybridized carbons (Fsp3) is 0.0769. The van der Waals surface area contributed by atoms with E-state index in [-0.39, 0.29) is 0 Å². The van der Waals surface area contributed by atoms with E-state index in [2.05, 4.69) is 36.6 Å². The van der Waals surface area contributed by atoms with Crippen molar-refractivity contribution in [2.45, 2.75) is 6.54 Å². The Kier molecular flexibility index (Phi) is 3.35. The van der Waals surface area contributed by atoms with Crippen molar-refractivity contribution in [3.05, 3.63) is 45.3 Å². The number of rotatable bonds is 3. The average molecular weight is 335 g/mol. The van der Waals surface area contributed by atoms with E-state index in [4.69, 9.17) is 5.73 Å². The van der Waals surface area contributed by atoms with E-state index in [1.54, 1.807) is 17.7 Å². The molecule has 0 amide bonds. The van der Waals surface area contributed by atoms with Crippen molar-refractivity contribution in [1.82, 2.24) is 9.97 Å². The summed E-state index contributed by atoms with van der Waals surface area (Å²) in [5, 5.41) is 6.37. The monoisotopic (exact) mass is 334 g/mol. The molecule has 0 unspecified atom stereocenters. The number of aromatic nitrogens is 2. The summed E-state index contributed by atoms with van der Waals surface area (Å²) in [5.41, 5.74) is 7.32. The highest BCUT2D eigenvalue weighted by molar-refractivity contribution is 9.10. The zero-order valence-corrected chi connectivity index (χ0v) is 12.3. The average Bonchev–Trinajstić information content (AvgIpc) is 2.81. The number of thiophene rings is 1. The molecular formula is C13H11BrN4S. The van der Waals surface area contributed by atoms with E-state index >= 15 is 0 Å². The van der Waals surface area contributed by atoms with Crippen LogP contribution in [0.3, 0.4) is 0 Å². The van der Waals surface area contributed by atoms with Gasteiger partial charge in [0.15, 0.2) is 0 Å². The third kappa shape index (κ3) is 2.54. The van der Waals surface area contributed by atoms with Gasteiger partial charge in [-0.3, -0.25) is 0 Å². The molecule has 0 aliphatic heterocycles. The summed E-state index contributed by atoms with van der Waals surface area (Å²) in [5.74, 6) is 0.824. The predicted octanol–water partition coefficient (Wildman–Crippen LogP) is 3.65. The number of hydrogen-bond donors (Lipinski definition) is 2. The Morgan fingerprint density at radius 3 is 2.95 bits per heavy atom. The molecule has 6 heteroatoms. The molecule has 3 rings (SSSR count). The van der Waals surface area contributed by atoms with Gasteiger partial charge in [-0.25, -0.2) is 9.97 Å². The van der Waals surface area contributed by atoms with Gasteiger partial charge in [0.1, 0.15) is 12.1 Å². The van der Waals surface area contributed by atoms with Crippen LogP contribution in [0.25, 0.3) is 10.9 Å². The second-order valence-corrected chi connectivity index (χ2v) is 5.90. The Morgan fingerprint density at radius 1 is 1.26 bits per heavy atom. The van der Waals surface area contributed by atoms with Crippen LogP contribution in [0.15, 0.2) is 40.4 Å². The maximum absolute atomic E-state index is 5.76. The Morgan fingerprint density at radius 2 is 2.16 bits per heavy atom. The number of benzene rings is 1. The van der Waals surface area contributed by atoms with Crippen molar-refractivity contribution >= 4 is 49.7 Å². The lowest BCUT2D eigenvalue weighted by Gasteiger charge is -2.08. The molecule has 96 valence electrons. The summed E-state index contributed by atoms with van der Waals surface area (Å²) in [7, 11) is 0. The van der Waals surface area contributed by atoms with Crippen molar-refractivity contribution in [1.29, 1.82) is 0 Å². The van der Waals surface area contributed by atoms with Gasteiger partial charge in [-0.1, -0.05) is 0 Å². The van der Waals surface area contributed by atoms with Crippen LogP contribution in [-0.4, -0.2) is 9.97 Å². The van der Waals surface area contributed by atoms with E-state index in [0.717, 1.165) is 27.7 Å². The highest BCUT2D eigenvalue weighted by Crippen LogP contribution is 2.25. The number of hydrogen-bond acceptors (Lipinski definition) is 5. The molecular weight excluding hydrogens is 324 g/mol. The summed E-state index contributed by atoms with van der Waals surface area (Å²) >= 11 is 5.22. The number of anilines is 2. The highest BCUT2D eigenvalue weighted by Gasteiger charge is 2.05. The largest absolute Gasteiger partial charge is 0.399 e. The Balaban J connectivity index is 1.91. The molecule has 0 bridgehead atoms. The standard InChI is InChI=1S/C13H11BrN4S/c14-10-3-4-19-12(10)6-16-13-9-2-1-8(15)5-11(9)17-7-18-13/h1-5,7H,6,15H2,(H,16,17,18). The van der Waals surface area contributed by atoms with E-state index in [9.17, 15) is 0 Å². The van der Waals surface area contributed by atoms with Gasteiger partial charge in [-0.2, -0.15) is 0 Å². The molecule has 0 saturated carbocycles. The summed E-state index contributed by atoms with van der Waals surface area (Å²) in [6.45, 7) is 0.731. The summed E-state index contributed by atoms with van der Waals surface area (Å²) in [4.78, 5) is 9.76. The molecule has 0 saturated heterocycles. The van der Waals surface area contributed by atoms with Crippen molar-refractivity contribution in [3.63, 3.8) is 0 Å². The lowest BCUT2D eigenvalue weighted by molar-refractivity contribution is 1.12. The fourth-order valence-corrected chi connectivity index (χ4v) is 3.26. The number of nitrogens with two attached hydrogens (primary N) is 1. The molecule has 2 heterocycles. The van der Waals surface area contributed by atoms with Gasteiger partial charge in [0.25, 0.3) is 0 Å². The first-order valence-electron chi connectivity index (χ1n) is 5.70. The highest BCUT2D eigenvalue weighted by atomic mass is 79.9. The number of halogens is 1. The number of fused-ring (bicyclic) bond motifs is 1. The minimum absolute atomic E-state index is 0.707. The van der Waals surface area contributed by atoms with E-state index in [1.165, 1.54) is 4.88 Å². The van der Waals surface area contributed by atoms with Crippen LogP contribution >= 0.6 is 27.3 Å². The second-order valence-electron chi connectivity index (χ2n) is 4.04. The molecule has 0 aliphatic carbocycles. The van der Waals surface area contributed by atoms with E-state index in [1.807, 2.05) is 24.3 Å². The predicted molar refractivity (Wildman–Crippen MR) is 83.3 cm³/mol. The molecule has 3 aromatic rings. The molecule has 0 atom stereocenters. The normalized spacial score (nSPS) is 10.8. The molecule has 2 aromatic heterocycles. The molecule has 0 fully saturated rings. The first-order chi connectivity index (χ1) is 9.24. The summed E-state index contributed by atoms with van der Waals surface area (Å²) in [6.07, 6.45) is 1.55. The zero-order valence-electron chi connectivity index (χ0n) is 9.93. The van der Waals surface area contributed by atoms with E-state index in [0.29, 0.717) is 5.69 Å². The van der Waals surface area contributed by atoms with Crippen LogP contribution in [0.1, 0.15) is 4.88 Å². The van der Waals surface area contributed by atoms with Crippen LogP contribution < -0.4 is 11.1 Å². The zero-order chi connectivity index (χ0) is 13.2. The number of nitrogens with one attached hydrogen (secondary N) is 1. The fourth-order valence-electron chi connectivity index (χ4n) is 1.83. The van der Waals surface area contributed by atoms with Gasteiger partial charge < -0.3 is 11.1 Å². The first kappa shape index (κ1) is 12.4. The maximum Gasteiger partial charge on any atom is 0.137 e. The molecule has 0 spiro atoms. The lowest BCUT2D eigenvalue weighted by atomic mass is 10.2. The molecule has 0 aliphatic rings. The molecule has 3 N–H and O–H groups in total. The maximum atomic E-state index is 5.76. The van der Waals surface area contributed by atoms with E-state index < -0.39 is 0 Å². The van der Waals surface area contributed by atoms with Crippen molar-refractivity contribution in [3.8, 4) is 0 Å². The Labute approximate surface area is 122 Å². The van der Waals surface area contributed by atoms with Crippen molar-refractivity contribution in [2.75, 3.05) is 11.1 Å². The van der Waals surface area contributed by atoms with Crippen LogP contribution in [-0.2, 0) is 6.54 Å². The first-order valence-corrected chi connectivity index (χ1v) is 7.37. The minimum atomic E-state index is 0.707. The SMILES string of the molecule is Nc1ccc2c(NCc3sccc3Br)ncnc2c1. The van der Waals surface area contributed by atoms with Crippen LogP contribution in [0.4, 0.5) is 11.5 Å². The number of nitrogen functional groups attached to an aromatic ring is 1. The second kappa shape index (κ2) is 5.14. The van der Waals surface area contributed by atoms with Crippen molar-refractivity contribution in [2.24, 2.45) is 0 Å². The van der Waals surface area contributed by atoms with Gasteiger partial charge in [-0.05, 0) is 45.6 Å². The van der Waals surface area contributed by atoms with Gasteiger partial charge in [-0.15, -0.1) is 11.3 Å². The van der Waals surface area contributed by atoms with Crippen molar-refractivity contribution < 1.29 is 0 Å². The third-order valence-corrected chi connectivity index (χ3v) is 4.69. The van der Waals surface area contributed by atoms with Crippen LogP contribution in [0.5, 0.6) is 0 Å². The van der Waals surface area contributed by atoms with Gasteiger partial charge in [0.2, 0.25) is 0 Å².